The van der Waals surface area contributed by atoms with Gasteiger partial charge in [0.2, 0.25) is 0 Å². The summed E-state index contributed by atoms with van der Waals surface area (Å²) in [6, 6.07) is 8.19. The molecule has 1 aliphatic heterocycles. The topological polar surface area (TPSA) is 49.0 Å². The van der Waals surface area contributed by atoms with Crippen molar-refractivity contribution in [2.45, 2.75) is 51.6 Å². The van der Waals surface area contributed by atoms with Gasteiger partial charge in [-0.2, -0.15) is 0 Å². The number of carbonyl (C=O) groups is 1. The molecule has 1 fully saturated rings. The highest BCUT2D eigenvalue weighted by Crippen LogP contribution is 2.34. The van der Waals surface area contributed by atoms with Crippen molar-refractivity contribution in [1.29, 1.82) is 0 Å². The minimum absolute atomic E-state index is 0.0896. The van der Waals surface area contributed by atoms with Crippen molar-refractivity contribution >= 4 is 11.9 Å². The Morgan fingerprint density at radius 3 is 2.79 bits per heavy atom. The second-order valence-electron chi connectivity index (χ2n) is 8.07. The first kappa shape index (κ1) is 18.7. The molecule has 146 valence electrons. The van der Waals surface area contributed by atoms with Crippen molar-refractivity contribution in [3.05, 3.63) is 72.0 Å². The first-order chi connectivity index (χ1) is 13.7. The molecule has 1 N–H and O–H groups in total. The molecule has 4 heteroatoms. The lowest BCUT2D eigenvalue weighted by atomic mass is 9.75. The van der Waals surface area contributed by atoms with E-state index in [0.29, 0.717) is 5.92 Å². The van der Waals surface area contributed by atoms with Crippen LogP contribution in [0.1, 0.15) is 65.8 Å². The number of hydrogen-bond acceptors (Lipinski definition) is 3. The molecule has 4 nitrogen and oxygen atoms in total. The van der Waals surface area contributed by atoms with Gasteiger partial charge in [0.25, 0.3) is 0 Å². The number of benzene rings is 1. The number of carbonyl (C=O) groups excluding carboxylic acids is 1. The summed E-state index contributed by atoms with van der Waals surface area (Å²) in [4.78, 5) is 22.9. The average Bonchev–Trinajstić information content (AvgIpc) is 3.21. The van der Waals surface area contributed by atoms with Crippen molar-refractivity contribution < 1.29 is 4.79 Å². The first-order valence-corrected chi connectivity index (χ1v) is 10.4. The Labute approximate surface area is 167 Å². The molecule has 0 radical (unpaired) electrons. The molecule has 1 unspecified atom stereocenters. The monoisotopic (exact) mass is 375 g/mol. The zero-order valence-electron chi connectivity index (χ0n) is 16.4. The van der Waals surface area contributed by atoms with Crippen LogP contribution >= 0.6 is 0 Å². The molecule has 0 bridgehead atoms. The van der Waals surface area contributed by atoms with Crippen molar-refractivity contribution in [3.8, 4) is 0 Å². The maximum absolute atomic E-state index is 13.2. The van der Waals surface area contributed by atoms with Gasteiger partial charge in [-0.3, -0.25) is 4.79 Å². The molecule has 1 saturated carbocycles. The van der Waals surface area contributed by atoms with Crippen LogP contribution in [0.4, 0.5) is 0 Å². The van der Waals surface area contributed by atoms with E-state index in [-0.39, 0.29) is 11.7 Å². The van der Waals surface area contributed by atoms with Crippen LogP contribution in [0.2, 0.25) is 0 Å². The van der Waals surface area contributed by atoms with E-state index in [1.165, 1.54) is 37.7 Å². The second-order valence-corrected chi connectivity index (χ2v) is 8.07. The van der Waals surface area contributed by atoms with Crippen LogP contribution in [0.5, 0.6) is 0 Å². The molecular weight excluding hydrogens is 346 g/mol. The largest absolute Gasteiger partial charge is 0.367 e. The fourth-order valence-electron chi connectivity index (χ4n) is 4.59. The van der Waals surface area contributed by atoms with Crippen LogP contribution in [0.3, 0.4) is 0 Å². The van der Waals surface area contributed by atoms with E-state index in [2.05, 4.69) is 45.9 Å². The SMILES string of the molecule is C=CCC(C(=O)c1ccc(CN2C=Cc3[nH]cnc3C2)cc1)C1CCCCC1. The Balaban J connectivity index is 1.41. The Kier molecular flexibility index (Phi) is 5.75. The van der Waals surface area contributed by atoms with Gasteiger partial charge < -0.3 is 9.88 Å². The highest BCUT2D eigenvalue weighted by molar-refractivity contribution is 5.98. The Hall–Kier alpha value is -2.62. The molecule has 28 heavy (non-hydrogen) atoms. The highest BCUT2D eigenvalue weighted by Gasteiger charge is 2.29. The number of nitrogens with zero attached hydrogens (tertiary/aromatic N) is 2. The number of fused-ring (bicyclic) bond motifs is 1. The number of H-pyrrole nitrogens is 1. The molecule has 2 aromatic rings. The minimum atomic E-state index is 0.0896. The molecule has 0 saturated heterocycles. The summed E-state index contributed by atoms with van der Waals surface area (Å²) >= 11 is 0. The summed E-state index contributed by atoms with van der Waals surface area (Å²) < 4.78 is 0. The average molecular weight is 376 g/mol. The van der Waals surface area contributed by atoms with Gasteiger partial charge in [0.1, 0.15) is 0 Å². The van der Waals surface area contributed by atoms with Gasteiger partial charge in [-0.05, 0) is 36.8 Å². The third kappa shape index (κ3) is 4.11. The van der Waals surface area contributed by atoms with Gasteiger partial charge in [0.05, 0.1) is 24.3 Å². The standard InChI is InChI=1S/C24H29N3O/c1-2-6-21(19-7-4-3-5-8-19)24(28)20-11-9-18(10-12-20)15-27-14-13-22-23(16-27)26-17-25-22/h2,9-14,17,19,21H,1,3-8,15-16H2,(H,25,26). The Morgan fingerprint density at radius 2 is 2.04 bits per heavy atom. The fourth-order valence-corrected chi connectivity index (χ4v) is 4.59. The molecule has 1 aromatic heterocycles. The summed E-state index contributed by atoms with van der Waals surface area (Å²) in [7, 11) is 0. The predicted molar refractivity (Wildman–Crippen MR) is 113 cm³/mol. The van der Waals surface area contributed by atoms with Crippen LogP contribution < -0.4 is 0 Å². The van der Waals surface area contributed by atoms with Gasteiger partial charge in [0, 0.05) is 24.2 Å². The van der Waals surface area contributed by atoms with Gasteiger partial charge in [-0.15, -0.1) is 6.58 Å². The lowest BCUT2D eigenvalue weighted by molar-refractivity contribution is 0.0847. The molecular formula is C24H29N3O. The molecule has 0 spiro atoms. The normalized spacial score (nSPS) is 17.9. The van der Waals surface area contributed by atoms with E-state index >= 15 is 0 Å². The first-order valence-electron chi connectivity index (χ1n) is 10.4. The summed E-state index contributed by atoms with van der Waals surface area (Å²) in [5, 5.41) is 0. The molecule has 0 amide bonds. The number of Topliss-reactive ketones (excluding diaryl/α,β-unsaturated/α-hetero) is 1. The molecule has 1 atom stereocenters. The van der Waals surface area contributed by atoms with E-state index in [1.807, 2.05) is 18.2 Å². The van der Waals surface area contributed by atoms with E-state index < -0.39 is 0 Å². The molecule has 1 aromatic carbocycles. The van der Waals surface area contributed by atoms with Gasteiger partial charge in [-0.1, -0.05) is 49.6 Å². The van der Waals surface area contributed by atoms with Gasteiger partial charge >= 0.3 is 0 Å². The minimum Gasteiger partial charge on any atom is -0.367 e. The number of aromatic nitrogens is 2. The second kappa shape index (κ2) is 8.59. The third-order valence-corrected chi connectivity index (χ3v) is 6.16. The fraction of sp³-hybridized carbons (Fsp3) is 0.417. The van der Waals surface area contributed by atoms with Gasteiger partial charge in [-0.25, -0.2) is 4.98 Å². The van der Waals surface area contributed by atoms with Crippen molar-refractivity contribution in [1.82, 2.24) is 14.9 Å². The van der Waals surface area contributed by atoms with E-state index in [0.717, 1.165) is 36.5 Å². The third-order valence-electron chi connectivity index (χ3n) is 6.16. The summed E-state index contributed by atoms with van der Waals surface area (Å²) in [6.07, 6.45) is 14.8. The van der Waals surface area contributed by atoms with Crippen molar-refractivity contribution in [2.75, 3.05) is 0 Å². The zero-order valence-corrected chi connectivity index (χ0v) is 16.4. The Morgan fingerprint density at radius 1 is 1.25 bits per heavy atom. The smallest absolute Gasteiger partial charge is 0.166 e. The number of imidazole rings is 1. The van der Waals surface area contributed by atoms with Crippen LogP contribution in [0.25, 0.3) is 6.08 Å². The van der Waals surface area contributed by atoms with E-state index in [9.17, 15) is 4.79 Å². The Bertz CT molecular complexity index is 843. The molecule has 2 heterocycles. The number of aromatic amines is 1. The van der Waals surface area contributed by atoms with Crippen LogP contribution in [0, 0.1) is 11.8 Å². The maximum atomic E-state index is 13.2. The lowest BCUT2D eigenvalue weighted by Gasteiger charge is -2.29. The molecule has 2 aliphatic rings. The predicted octanol–water partition coefficient (Wildman–Crippen LogP) is 5.35. The van der Waals surface area contributed by atoms with Gasteiger partial charge in [0.15, 0.2) is 5.78 Å². The van der Waals surface area contributed by atoms with Crippen LogP contribution in [0.15, 0.2) is 49.4 Å². The zero-order chi connectivity index (χ0) is 19.3. The number of nitrogens with one attached hydrogen (secondary N) is 1. The van der Waals surface area contributed by atoms with Crippen molar-refractivity contribution in [2.24, 2.45) is 11.8 Å². The van der Waals surface area contributed by atoms with Crippen LogP contribution in [-0.2, 0) is 13.1 Å². The highest BCUT2D eigenvalue weighted by atomic mass is 16.1. The number of hydrogen-bond donors (Lipinski definition) is 1. The lowest BCUT2D eigenvalue weighted by Crippen LogP contribution is -2.25. The van der Waals surface area contributed by atoms with Crippen LogP contribution in [-0.4, -0.2) is 20.7 Å². The quantitative estimate of drug-likeness (QED) is 0.524. The number of ketones is 1. The van der Waals surface area contributed by atoms with E-state index in [1.54, 1.807) is 6.33 Å². The molecule has 1 aliphatic carbocycles. The number of rotatable bonds is 7. The number of allylic oxidation sites excluding steroid dienone is 1. The summed E-state index contributed by atoms with van der Waals surface area (Å²) in [6.45, 7) is 5.51. The van der Waals surface area contributed by atoms with E-state index in [4.69, 9.17) is 0 Å². The molecule has 4 rings (SSSR count). The summed E-state index contributed by atoms with van der Waals surface area (Å²) in [5.41, 5.74) is 4.21. The summed E-state index contributed by atoms with van der Waals surface area (Å²) in [5.74, 6) is 0.893. The van der Waals surface area contributed by atoms with Crippen molar-refractivity contribution in [3.63, 3.8) is 0 Å². The maximum Gasteiger partial charge on any atom is 0.166 e.